The summed E-state index contributed by atoms with van der Waals surface area (Å²) in [5, 5.41) is 3.79. The molecule has 0 bridgehead atoms. The lowest BCUT2D eigenvalue weighted by Crippen LogP contribution is -2.19. The lowest BCUT2D eigenvalue weighted by atomic mass is 10.1. The van der Waals surface area contributed by atoms with Gasteiger partial charge in [0.2, 0.25) is 0 Å². The fourth-order valence-electron chi connectivity index (χ4n) is 1.60. The van der Waals surface area contributed by atoms with E-state index in [9.17, 15) is 13.6 Å². The van der Waals surface area contributed by atoms with E-state index in [1.54, 1.807) is 12.1 Å². The van der Waals surface area contributed by atoms with Crippen LogP contribution in [0.15, 0.2) is 36.7 Å². The van der Waals surface area contributed by atoms with Crippen molar-refractivity contribution < 1.29 is 18.3 Å². The van der Waals surface area contributed by atoms with E-state index in [1.165, 1.54) is 24.5 Å². The second kappa shape index (κ2) is 5.47. The Labute approximate surface area is 107 Å². The summed E-state index contributed by atoms with van der Waals surface area (Å²) in [6.07, 6.45) is 3.56. The maximum Gasteiger partial charge on any atom is 0.387 e. The van der Waals surface area contributed by atoms with Crippen LogP contribution < -0.4 is 10.5 Å². The zero-order chi connectivity index (χ0) is 13.8. The van der Waals surface area contributed by atoms with E-state index in [-0.39, 0.29) is 5.75 Å². The summed E-state index contributed by atoms with van der Waals surface area (Å²) in [7, 11) is 0. The van der Waals surface area contributed by atoms with Crippen molar-refractivity contribution in [2.24, 2.45) is 5.73 Å². The second-order valence-electron chi connectivity index (χ2n) is 3.83. The lowest BCUT2D eigenvalue weighted by Gasteiger charge is -2.05. The number of amides is 1. The fourth-order valence-corrected chi connectivity index (χ4v) is 1.60. The van der Waals surface area contributed by atoms with Crippen LogP contribution in [0, 0.1) is 0 Å². The van der Waals surface area contributed by atoms with Crippen LogP contribution in [0.4, 0.5) is 13.6 Å². The average molecular weight is 267 g/mol. The molecule has 5 nitrogen and oxygen atoms in total. The number of nitrogens with two attached hydrogens (primary N) is 1. The van der Waals surface area contributed by atoms with Gasteiger partial charge in [0.05, 0.1) is 6.20 Å². The zero-order valence-corrected chi connectivity index (χ0v) is 9.79. The van der Waals surface area contributed by atoms with Crippen molar-refractivity contribution in [3.8, 4) is 5.75 Å². The first-order valence-corrected chi connectivity index (χ1v) is 5.41. The summed E-state index contributed by atoms with van der Waals surface area (Å²) in [5.41, 5.74) is 6.73. The number of halogens is 2. The molecule has 1 aromatic heterocycles. The van der Waals surface area contributed by atoms with Crippen molar-refractivity contribution in [1.82, 2.24) is 9.78 Å². The van der Waals surface area contributed by atoms with Crippen molar-refractivity contribution in [3.63, 3.8) is 0 Å². The molecular formula is C12H11F2N3O2. The molecule has 2 aromatic rings. The summed E-state index contributed by atoms with van der Waals surface area (Å²) in [6.45, 7) is -2.83. The number of benzene rings is 1. The number of rotatable bonds is 4. The van der Waals surface area contributed by atoms with Gasteiger partial charge in [-0.25, -0.2) is 4.79 Å². The van der Waals surface area contributed by atoms with E-state index in [4.69, 9.17) is 5.73 Å². The maximum absolute atomic E-state index is 12.0. The molecule has 2 rings (SSSR count). The molecule has 0 spiro atoms. The molecule has 1 heterocycles. The minimum atomic E-state index is -2.83. The molecule has 0 fully saturated rings. The molecule has 0 saturated carbocycles. The highest BCUT2D eigenvalue weighted by molar-refractivity contribution is 5.73. The van der Waals surface area contributed by atoms with Gasteiger partial charge >= 0.3 is 12.6 Å². The summed E-state index contributed by atoms with van der Waals surface area (Å²) >= 11 is 0. The van der Waals surface area contributed by atoms with Crippen molar-refractivity contribution in [3.05, 3.63) is 47.8 Å². The molecule has 0 aliphatic heterocycles. The monoisotopic (exact) mass is 267 g/mol. The smallest absolute Gasteiger partial charge is 0.387 e. The number of nitrogens with zero attached hydrogens (tertiary/aromatic N) is 2. The molecule has 7 heteroatoms. The molecule has 1 amide bonds. The molecule has 2 N–H and O–H groups in total. The van der Waals surface area contributed by atoms with Gasteiger partial charge in [-0.1, -0.05) is 12.1 Å². The Bertz CT molecular complexity index is 567. The maximum atomic E-state index is 12.0. The van der Waals surface area contributed by atoms with Crippen LogP contribution in [-0.2, 0) is 6.42 Å². The van der Waals surface area contributed by atoms with Crippen molar-refractivity contribution >= 4 is 6.03 Å². The Balaban J connectivity index is 2.04. The van der Waals surface area contributed by atoms with Gasteiger partial charge in [0, 0.05) is 12.6 Å². The number of ether oxygens (including phenoxy) is 1. The van der Waals surface area contributed by atoms with Gasteiger partial charge in [-0.05, 0) is 23.3 Å². The van der Waals surface area contributed by atoms with Crippen LogP contribution in [-0.4, -0.2) is 22.4 Å². The van der Waals surface area contributed by atoms with Crippen molar-refractivity contribution in [2.45, 2.75) is 13.0 Å². The number of carbonyl (C=O) groups excluding carboxylic acids is 1. The van der Waals surface area contributed by atoms with Crippen LogP contribution in [0.5, 0.6) is 5.75 Å². The minimum Gasteiger partial charge on any atom is -0.435 e. The van der Waals surface area contributed by atoms with Crippen molar-refractivity contribution in [1.29, 1.82) is 0 Å². The third-order valence-electron chi connectivity index (χ3n) is 2.42. The highest BCUT2D eigenvalue weighted by atomic mass is 19.3. The van der Waals surface area contributed by atoms with Crippen LogP contribution >= 0.6 is 0 Å². The van der Waals surface area contributed by atoms with Gasteiger partial charge < -0.3 is 10.5 Å². The van der Waals surface area contributed by atoms with Gasteiger partial charge in [0.25, 0.3) is 0 Å². The number of alkyl halides is 2. The van der Waals surface area contributed by atoms with Crippen molar-refractivity contribution in [2.75, 3.05) is 0 Å². The minimum absolute atomic E-state index is 0.103. The Morgan fingerprint density at radius 1 is 1.32 bits per heavy atom. The third kappa shape index (κ3) is 3.51. The first-order chi connectivity index (χ1) is 9.04. The van der Waals surface area contributed by atoms with Gasteiger partial charge in [-0.15, -0.1) is 0 Å². The molecule has 19 heavy (non-hydrogen) atoms. The summed E-state index contributed by atoms with van der Waals surface area (Å²) in [5.74, 6) is 0.103. The quantitative estimate of drug-likeness (QED) is 0.921. The topological polar surface area (TPSA) is 70.1 Å². The van der Waals surface area contributed by atoms with E-state index >= 15 is 0 Å². The van der Waals surface area contributed by atoms with E-state index < -0.39 is 12.6 Å². The summed E-state index contributed by atoms with van der Waals surface area (Å²) < 4.78 is 29.2. The Morgan fingerprint density at radius 2 is 2.00 bits per heavy atom. The van der Waals surface area contributed by atoms with Gasteiger partial charge in [-0.3, -0.25) is 0 Å². The summed E-state index contributed by atoms with van der Waals surface area (Å²) in [4.78, 5) is 10.8. The largest absolute Gasteiger partial charge is 0.435 e. The van der Waals surface area contributed by atoms with E-state index in [2.05, 4.69) is 9.84 Å². The Morgan fingerprint density at radius 3 is 2.53 bits per heavy atom. The molecule has 0 saturated heterocycles. The van der Waals surface area contributed by atoms with Gasteiger partial charge in [0.1, 0.15) is 5.75 Å². The number of aromatic nitrogens is 2. The molecule has 0 aliphatic rings. The third-order valence-corrected chi connectivity index (χ3v) is 2.42. The highest BCUT2D eigenvalue weighted by Crippen LogP contribution is 2.16. The number of hydrogen-bond donors (Lipinski definition) is 1. The van der Waals surface area contributed by atoms with E-state index in [0.29, 0.717) is 6.42 Å². The van der Waals surface area contributed by atoms with Crippen LogP contribution in [0.1, 0.15) is 11.1 Å². The molecule has 0 atom stereocenters. The normalized spacial score (nSPS) is 10.7. The van der Waals surface area contributed by atoms with Crippen LogP contribution in [0.3, 0.4) is 0 Å². The Hall–Kier alpha value is -2.44. The first-order valence-electron chi connectivity index (χ1n) is 5.41. The molecule has 1 aromatic carbocycles. The second-order valence-corrected chi connectivity index (χ2v) is 3.83. The fraction of sp³-hybridized carbons (Fsp3) is 0.167. The summed E-state index contributed by atoms with van der Waals surface area (Å²) in [6, 6.07) is 5.59. The average Bonchev–Trinajstić information content (AvgIpc) is 2.80. The number of hydrogen-bond acceptors (Lipinski definition) is 3. The Kier molecular flexibility index (Phi) is 3.74. The van der Waals surface area contributed by atoms with Crippen LogP contribution in [0.2, 0.25) is 0 Å². The molecule has 0 aliphatic carbocycles. The highest BCUT2D eigenvalue weighted by Gasteiger charge is 2.06. The molecular weight excluding hydrogens is 256 g/mol. The SMILES string of the molecule is NC(=O)n1cc(Cc2ccc(OC(F)F)cc2)cn1. The zero-order valence-electron chi connectivity index (χ0n) is 9.79. The first kappa shape index (κ1) is 13.0. The van der Waals surface area contributed by atoms with Crippen LogP contribution in [0.25, 0.3) is 0 Å². The predicted molar refractivity (Wildman–Crippen MR) is 63.1 cm³/mol. The molecule has 0 unspecified atom stereocenters. The predicted octanol–water partition coefficient (Wildman–Crippen LogP) is 2.00. The van der Waals surface area contributed by atoms with E-state index in [1.807, 2.05) is 0 Å². The number of primary amides is 1. The van der Waals surface area contributed by atoms with Gasteiger partial charge in [0.15, 0.2) is 0 Å². The lowest BCUT2D eigenvalue weighted by molar-refractivity contribution is -0.0498. The van der Waals surface area contributed by atoms with E-state index in [0.717, 1.165) is 15.8 Å². The molecule has 100 valence electrons. The molecule has 0 radical (unpaired) electrons. The standard InChI is InChI=1S/C12H11F2N3O2/c13-11(14)19-10-3-1-8(2-4-10)5-9-6-16-17(7-9)12(15)18/h1-4,6-7,11H,5H2,(H2,15,18). The van der Waals surface area contributed by atoms with Gasteiger partial charge in [-0.2, -0.15) is 18.6 Å². The number of carbonyl (C=O) groups is 1.